The first-order chi connectivity index (χ1) is 23.9. The summed E-state index contributed by atoms with van der Waals surface area (Å²) in [6.07, 6.45) is 0. The molecular formula is C42H31N3O4. The Hall–Kier alpha value is -6.34. The minimum atomic E-state index is -0.371. The van der Waals surface area contributed by atoms with Crippen molar-refractivity contribution in [1.29, 1.82) is 0 Å². The number of benzene rings is 6. The zero-order valence-electron chi connectivity index (χ0n) is 27.2. The second kappa shape index (κ2) is 10.9. The molecule has 49 heavy (non-hydrogen) atoms. The van der Waals surface area contributed by atoms with Crippen molar-refractivity contribution in [1.82, 2.24) is 0 Å². The van der Waals surface area contributed by atoms with Gasteiger partial charge in [0.1, 0.15) is 0 Å². The number of hydrogen-bond donors (Lipinski definition) is 0. The highest BCUT2D eigenvalue weighted by atomic mass is 16.5. The van der Waals surface area contributed by atoms with Crippen LogP contribution in [0.1, 0.15) is 51.6 Å². The quantitative estimate of drug-likeness (QED) is 0.178. The first-order valence-electron chi connectivity index (χ1n) is 16.4. The van der Waals surface area contributed by atoms with Gasteiger partial charge in [-0.25, -0.2) is 4.90 Å². The molecule has 3 aliphatic heterocycles. The van der Waals surface area contributed by atoms with E-state index in [0.717, 1.165) is 33.9 Å². The lowest BCUT2D eigenvalue weighted by atomic mass is 9.97. The molecule has 9 rings (SSSR count). The molecule has 6 aromatic rings. The summed E-state index contributed by atoms with van der Waals surface area (Å²) in [6.45, 7) is 6.11. The summed E-state index contributed by atoms with van der Waals surface area (Å²) >= 11 is 0. The number of hydrogen-bond acceptors (Lipinski definition) is 6. The highest BCUT2D eigenvalue weighted by Gasteiger charge is 2.46. The van der Waals surface area contributed by atoms with Gasteiger partial charge in [0.2, 0.25) is 0 Å². The monoisotopic (exact) mass is 641 g/mol. The van der Waals surface area contributed by atoms with E-state index in [1.807, 2.05) is 144 Å². The highest BCUT2D eigenvalue weighted by Crippen LogP contribution is 2.56. The molecule has 2 amide bonds. The fraction of sp³-hybridized carbons (Fsp3) is 0.0952. The molecule has 238 valence electrons. The van der Waals surface area contributed by atoms with Crippen molar-refractivity contribution in [3.63, 3.8) is 0 Å². The van der Waals surface area contributed by atoms with Gasteiger partial charge in [0.15, 0.2) is 23.0 Å². The van der Waals surface area contributed by atoms with Gasteiger partial charge in [-0.15, -0.1) is 0 Å². The maximum absolute atomic E-state index is 15.2. The van der Waals surface area contributed by atoms with Crippen LogP contribution in [-0.4, -0.2) is 11.8 Å². The van der Waals surface area contributed by atoms with E-state index in [2.05, 4.69) is 13.8 Å². The third kappa shape index (κ3) is 4.22. The average molecular weight is 642 g/mol. The SMILES string of the molecule is Cc1cccc(C(C)C)c1N1C(=O)c2c(N3c4ccccc4Oc4ccccc43)ccc(N3c4ccccc4Oc4ccccc43)c2C1=O. The summed E-state index contributed by atoms with van der Waals surface area (Å²) in [5.74, 6) is 1.96. The van der Waals surface area contributed by atoms with Crippen LogP contribution in [0.2, 0.25) is 0 Å². The summed E-state index contributed by atoms with van der Waals surface area (Å²) in [5, 5.41) is 0. The van der Waals surface area contributed by atoms with Crippen molar-refractivity contribution in [2.24, 2.45) is 0 Å². The molecule has 0 saturated heterocycles. The van der Waals surface area contributed by atoms with E-state index < -0.39 is 0 Å². The summed E-state index contributed by atoms with van der Waals surface area (Å²) in [5.41, 5.74) is 7.36. The van der Waals surface area contributed by atoms with Gasteiger partial charge in [0.05, 0.1) is 50.9 Å². The van der Waals surface area contributed by atoms with E-state index >= 15 is 9.59 Å². The molecule has 0 fully saturated rings. The van der Waals surface area contributed by atoms with Gasteiger partial charge < -0.3 is 19.3 Å². The topological polar surface area (TPSA) is 62.3 Å². The largest absolute Gasteiger partial charge is 0.453 e. The predicted octanol–water partition coefficient (Wildman–Crippen LogP) is 11.1. The van der Waals surface area contributed by atoms with Crippen LogP contribution in [0.4, 0.5) is 39.8 Å². The smallest absolute Gasteiger partial charge is 0.268 e. The van der Waals surface area contributed by atoms with Crippen LogP contribution >= 0.6 is 0 Å². The minimum absolute atomic E-state index is 0.0779. The Bertz CT molecular complexity index is 2140. The summed E-state index contributed by atoms with van der Waals surface area (Å²) in [6, 6.07) is 40.8. The van der Waals surface area contributed by atoms with Crippen LogP contribution in [0.25, 0.3) is 0 Å². The maximum Gasteiger partial charge on any atom is 0.268 e. The standard InChI is InChI=1S/C42H31N3O4/c1-25(2)27-14-12-13-26(3)40(27)45-41(46)38-32(43-28-15-4-8-19-34(28)48-35-20-9-5-16-29(35)43)23-24-33(39(38)42(45)47)44-30-17-6-10-21-36(30)49-37-22-11-7-18-31(37)44/h4-25H,1-3H3. The van der Waals surface area contributed by atoms with Gasteiger partial charge in [-0.3, -0.25) is 9.59 Å². The molecule has 7 nitrogen and oxygen atoms in total. The second-order valence-electron chi connectivity index (χ2n) is 12.7. The Morgan fingerprint density at radius 1 is 0.449 bits per heavy atom. The average Bonchev–Trinajstić information content (AvgIpc) is 3.38. The highest BCUT2D eigenvalue weighted by molar-refractivity contribution is 6.38. The van der Waals surface area contributed by atoms with Crippen LogP contribution in [0.3, 0.4) is 0 Å². The molecule has 3 aliphatic rings. The fourth-order valence-electron chi connectivity index (χ4n) is 7.29. The number of nitrogens with zero attached hydrogens (tertiary/aromatic N) is 3. The predicted molar refractivity (Wildman–Crippen MR) is 192 cm³/mol. The van der Waals surface area contributed by atoms with E-state index in [-0.39, 0.29) is 17.7 Å². The van der Waals surface area contributed by atoms with E-state index in [1.54, 1.807) is 0 Å². The lowest BCUT2D eigenvalue weighted by Gasteiger charge is -2.35. The van der Waals surface area contributed by atoms with E-state index in [0.29, 0.717) is 51.2 Å². The number of para-hydroxylation sites is 9. The molecule has 0 saturated carbocycles. The third-order valence-corrected chi connectivity index (χ3v) is 9.46. The van der Waals surface area contributed by atoms with Crippen molar-refractivity contribution in [3.05, 3.63) is 150 Å². The maximum atomic E-state index is 15.2. The Morgan fingerprint density at radius 3 is 1.22 bits per heavy atom. The number of fused-ring (bicyclic) bond motifs is 5. The molecular weight excluding hydrogens is 610 g/mol. The number of carbonyl (C=O) groups excluding carboxylic acids is 2. The summed E-state index contributed by atoms with van der Waals surface area (Å²) < 4.78 is 12.6. The number of imide groups is 1. The number of rotatable bonds is 4. The van der Waals surface area contributed by atoms with Crippen LogP contribution in [0.5, 0.6) is 23.0 Å². The molecule has 0 aromatic heterocycles. The summed E-state index contributed by atoms with van der Waals surface area (Å²) in [7, 11) is 0. The number of aryl methyl sites for hydroxylation is 1. The molecule has 6 aromatic carbocycles. The van der Waals surface area contributed by atoms with Crippen molar-refractivity contribution in [2.75, 3.05) is 14.7 Å². The molecule has 0 aliphatic carbocycles. The van der Waals surface area contributed by atoms with Gasteiger partial charge >= 0.3 is 0 Å². The molecule has 3 heterocycles. The summed E-state index contributed by atoms with van der Waals surface area (Å²) in [4.78, 5) is 35.8. The molecule has 0 spiro atoms. The van der Waals surface area contributed by atoms with Gasteiger partial charge in [0, 0.05) is 0 Å². The normalized spacial score (nSPS) is 14.1. The van der Waals surface area contributed by atoms with Crippen molar-refractivity contribution >= 4 is 51.6 Å². The van der Waals surface area contributed by atoms with Gasteiger partial charge in [0.25, 0.3) is 11.8 Å². The Labute approximate surface area is 284 Å². The van der Waals surface area contributed by atoms with Crippen LogP contribution in [0, 0.1) is 6.92 Å². The van der Waals surface area contributed by atoms with Crippen LogP contribution in [0.15, 0.2) is 127 Å². The lowest BCUT2D eigenvalue weighted by Crippen LogP contribution is -2.32. The van der Waals surface area contributed by atoms with Crippen LogP contribution < -0.4 is 24.2 Å². The van der Waals surface area contributed by atoms with Gasteiger partial charge in [-0.1, -0.05) is 80.6 Å². The van der Waals surface area contributed by atoms with Crippen LogP contribution in [-0.2, 0) is 0 Å². The Balaban J connectivity index is 1.35. The first kappa shape index (κ1) is 28.8. The van der Waals surface area contributed by atoms with Gasteiger partial charge in [-0.05, 0) is 84.6 Å². The lowest BCUT2D eigenvalue weighted by molar-refractivity contribution is 0.0926. The molecule has 0 atom stereocenters. The molecule has 0 radical (unpaired) electrons. The molecule has 0 N–H and O–H groups in total. The Morgan fingerprint density at radius 2 is 0.837 bits per heavy atom. The second-order valence-corrected chi connectivity index (χ2v) is 12.7. The van der Waals surface area contributed by atoms with Crippen molar-refractivity contribution in [2.45, 2.75) is 26.7 Å². The number of amides is 2. The third-order valence-electron chi connectivity index (χ3n) is 9.46. The zero-order chi connectivity index (χ0) is 33.4. The molecule has 0 unspecified atom stereocenters. The fourth-order valence-corrected chi connectivity index (χ4v) is 7.29. The van der Waals surface area contributed by atoms with Crippen molar-refractivity contribution in [3.8, 4) is 23.0 Å². The van der Waals surface area contributed by atoms with Crippen molar-refractivity contribution < 1.29 is 19.1 Å². The Kier molecular flexibility index (Phi) is 6.39. The number of ether oxygens (including phenoxy) is 2. The number of anilines is 7. The minimum Gasteiger partial charge on any atom is -0.453 e. The first-order valence-corrected chi connectivity index (χ1v) is 16.4. The number of carbonyl (C=O) groups is 2. The zero-order valence-corrected chi connectivity index (χ0v) is 27.2. The van der Waals surface area contributed by atoms with Gasteiger partial charge in [-0.2, -0.15) is 0 Å². The molecule has 7 heteroatoms. The van der Waals surface area contributed by atoms with E-state index in [4.69, 9.17) is 9.47 Å². The molecule has 0 bridgehead atoms. The van der Waals surface area contributed by atoms with E-state index in [1.165, 1.54) is 4.90 Å². The van der Waals surface area contributed by atoms with E-state index in [9.17, 15) is 0 Å².